The lowest BCUT2D eigenvalue weighted by Gasteiger charge is -2.37. The molecule has 0 unspecified atom stereocenters. The molecule has 1 heterocycles. The predicted octanol–water partition coefficient (Wildman–Crippen LogP) is 8.48. The summed E-state index contributed by atoms with van der Waals surface area (Å²) in [6.07, 6.45) is 2.75. The van der Waals surface area contributed by atoms with Crippen LogP contribution in [0, 0.1) is 16.0 Å². The molecule has 3 atom stereocenters. The van der Waals surface area contributed by atoms with Gasteiger partial charge in [-0.1, -0.05) is 172 Å². The molecule has 71 heavy (non-hydrogen) atoms. The number of hydrogen-bond donors (Lipinski definition) is 4. The van der Waals surface area contributed by atoms with E-state index in [0.29, 0.717) is 17.7 Å². The van der Waals surface area contributed by atoms with Crippen LogP contribution in [0.2, 0.25) is 0 Å². The molecule has 6 aromatic rings. The summed E-state index contributed by atoms with van der Waals surface area (Å²) in [6.45, 7) is 4.11. The smallest absolute Gasteiger partial charge is 0.408 e. The topological polar surface area (TPSA) is 189 Å². The first kappa shape index (κ1) is 50.5. The van der Waals surface area contributed by atoms with E-state index in [2.05, 4.69) is 21.3 Å². The summed E-state index contributed by atoms with van der Waals surface area (Å²) in [5.74, 6) is -1.98. The van der Waals surface area contributed by atoms with Crippen LogP contribution < -0.4 is 26.2 Å². The van der Waals surface area contributed by atoms with Crippen molar-refractivity contribution in [1.29, 1.82) is 0 Å². The molecule has 0 aromatic heterocycles. The van der Waals surface area contributed by atoms with E-state index in [1.54, 1.807) is 6.07 Å². The summed E-state index contributed by atoms with van der Waals surface area (Å²) < 4.78 is 5.45. The molecule has 0 fully saturated rings. The Morgan fingerprint density at radius 2 is 1.23 bits per heavy atom. The van der Waals surface area contributed by atoms with Crippen molar-refractivity contribution in [2.75, 3.05) is 11.4 Å². The zero-order chi connectivity index (χ0) is 50.2. The Morgan fingerprint density at radius 3 is 1.77 bits per heavy atom. The van der Waals surface area contributed by atoms with E-state index >= 15 is 0 Å². The van der Waals surface area contributed by atoms with Crippen LogP contribution in [0.5, 0.6) is 0 Å². The Morgan fingerprint density at radius 1 is 0.690 bits per heavy atom. The van der Waals surface area contributed by atoms with Crippen molar-refractivity contribution in [3.8, 4) is 0 Å². The summed E-state index contributed by atoms with van der Waals surface area (Å²) in [4.78, 5) is 82.9. The minimum absolute atomic E-state index is 0.00426. The number of non-ortho nitro benzene ring substituents is 1. The van der Waals surface area contributed by atoms with Gasteiger partial charge in [0.25, 0.3) is 11.6 Å². The molecule has 4 N–H and O–H groups in total. The summed E-state index contributed by atoms with van der Waals surface area (Å²) in [7, 11) is 0. The van der Waals surface area contributed by atoms with Gasteiger partial charge in [-0.25, -0.2) is 4.79 Å². The van der Waals surface area contributed by atoms with Gasteiger partial charge in [-0.05, 0) is 64.6 Å². The molecule has 1 aliphatic heterocycles. The Kier molecular flexibility index (Phi) is 17.2. The van der Waals surface area contributed by atoms with Crippen molar-refractivity contribution in [2.45, 2.75) is 76.2 Å². The Bertz CT molecular complexity index is 2700. The summed E-state index contributed by atoms with van der Waals surface area (Å²) in [6, 6.07) is 48.5. The third kappa shape index (κ3) is 13.4. The van der Waals surface area contributed by atoms with E-state index in [4.69, 9.17) is 4.74 Å². The van der Waals surface area contributed by atoms with Crippen molar-refractivity contribution < 1.29 is 33.6 Å². The third-order valence-electron chi connectivity index (χ3n) is 12.3. The van der Waals surface area contributed by atoms with E-state index in [1.165, 1.54) is 29.2 Å². The van der Waals surface area contributed by atoms with Crippen LogP contribution in [0.4, 0.5) is 16.2 Å². The van der Waals surface area contributed by atoms with E-state index < -0.39 is 52.4 Å². The van der Waals surface area contributed by atoms with Gasteiger partial charge in [0.15, 0.2) is 0 Å². The fourth-order valence-electron chi connectivity index (χ4n) is 8.80. The molecule has 7 rings (SSSR count). The quantitative estimate of drug-likeness (QED) is 0.0239. The van der Waals surface area contributed by atoms with Crippen LogP contribution in [0.3, 0.4) is 0 Å². The number of alkyl carbamates (subject to hydrolysis) is 1. The molecule has 0 radical (unpaired) electrons. The zero-order valence-corrected chi connectivity index (χ0v) is 39.7. The van der Waals surface area contributed by atoms with Gasteiger partial charge >= 0.3 is 6.09 Å². The largest absolute Gasteiger partial charge is 0.445 e. The number of fused-ring (bicyclic) bond motifs is 1. The maximum absolute atomic E-state index is 14.7. The molecule has 5 amide bonds. The first-order chi connectivity index (χ1) is 34.4. The fraction of sp³-hybridized carbons (Fsp3) is 0.246. The summed E-state index contributed by atoms with van der Waals surface area (Å²) in [5.41, 5.74) is 4.02. The number of carbonyl (C=O) groups is 5. The minimum Gasteiger partial charge on any atom is -0.445 e. The summed E-state index contributed by atoms with van der Waals surface area (Å²) in [5, 5.41) is 23.5. The van der Waals surface area contributed by atoms with Crippen LogP contribution >= 0.6 is 0 Å². The average molecular weight is 955 g/mol. The van der Waals surface area contributed by atoms with Crippen LogP contribution in [0.15, 0.2) is 182 Å². The van der Waals surface area contributed by atoms with Gasteiger partial charge in [-0.2, -0.15) is 0 Å². The number of rotatable bonds is 21. The second-order valence-electron chi connectivity index (χ2n) is 17.9. The molecular formula is C57H58N6O8. The number of nitro groups is 1. The molecule has 0 saturated carbocycles. The van der Waals surface area contributed by atoms with Gasteiger partial charge in [0.05, 0.1) is 4.92 Å². The first-order valence-corrected chi connectivity index (χ1v) is 23.8. The summed E-state index contributed by atoms with van der Waals surface area (Å²) >= 11 is 0. The predicted molar refractivity (Wildman–Crippen MR) is 272 cm³/mol. The normalized spacial score (nSPS) is 13.4. The highest BCUT2D eigenvalue weighted by atomic mass is 16.6. The molecule has 364 valence electrons. The Balaban J connectivity index is 1.16. The highest BCUT2D eigenvalue weighted by molar-refractivity contribution is 6.03. The molecule has 14 nitrogen and oxygen atoms in total. The van der Waals surface area contributed by atoms with E-state index in [9.17, 15) is 34.1 Å². The molecule has 1 aliphatic rings. The number of anilines is 1. The van der Waals surface area contributed by atoms with Gasteiger partial charge in [0.1, 0.15) is 24.2 Å². The van der Waals surface area contributed by atoms with Crippen molar-refractivity contribution in [3.05, 3.63) is 226 Å². The van der Waals surface area contributed by atoms with Crippen LogP contribution in [0.1, 0.15) is 66.5 Å². The van der Waals surface area contributed by atoms with Gasteiger partial charge < -0.3 is 30.9 Å². The number of nitro benzene ring substituents is 1. The number of nitrogens with one attached hydrogen (secondary N) is 4. The lowest BCUT2D eigenvalue weighted by atomic mass is 9.77. The molecule has 6 aromatic carbocycles. The van der Waals surface area contributed by atoms with Crippen LogP contribution in [-0.2, 0) is 48.9 Å². The minimum atomic E-state index is -1.16. The van der Waals surface area contributed by atoms with Crippen molar-refractivity contribution in [1.82, 2.24) is 21.3 Å². The molecule has 0 saturated heterocycles. The maximum Gasteiger partial charge on any atom is 0.408 e. The number of carbonyl (C=O) groups excluding carboxylic acids is 5. The zero-order valence-electron chi connectivity index (χ0n) is 39.7. The average Bonchev–Trinajstić information content (AvgIpc) is 3.82. The van der Waals surface area contributed by atoms with Gasteiger partial charge in [0.2, 0.25) is 17.7 Å². The van der Waals surface area contributed by atoms with Gasteiger partial charge in [-0.3, -0.25) is 29.3 Å². The molecule has 0 bridgehead atoms. The first-order valence-electron chi connectivity index (χ1n) is 23.8. The lowest BCUT2D eigenvalue weighted by Crippen LogP contribution is -2.56. The van der Waals surface area contributed by atoms with Crippen molar-refractivity contribution in [3.63, 3.8) is 0 Å². The second kappa shape index (κ2) is 24.2. The van der Waals surface area contributed by atoms with Crippen molar-refractivity contribution >= 4 is 41.1 Å². The monoisotopic (exact) mass is 954 g/mol. The highest BCUT2D eigenvalue weighted by Gasteiger charge is 2.38. The van der Waals surface area contributed by atoms with E-state index in [0.717, 1.165) is 27.8 Å². The Labute approximate surface area is 413 Å². The number of amides is 5. The fourth-order valence-corrected chi connectivity index (χ4v) is 8.80. The van der Waals surface area contributed by atoms with E-state index in [1.807, 2.05) is 166 Å². The van der Waals surface area contributed by atoms with Gasteiger partial charge in [0, 0.05) is 49.3 Å². The molecule has 14 heteroatoms. The Hall–Kier alpha value is -8.39. The third-order valence-corrected chi connectivity index (χ3v) is 12.3. The molecule has 0 aliphatic carbocycles. The SMILES string of the molecule is CC(C)C[C@H](NC(=O)OCc1ccccc1)C(=O)N[C@@H](Cc1ccccc1)C(=O)N[C@H](/C=C/C(=O)N1CCc2cc([N+](=O)[O-])ccc21)CCC(=O)NC(c1ccccc1)(c1ccccc1)c1ccccc1. The number of hydrogen-bond acceptors (Lipinski definition) is 8. The highest BCUT2D eigenvalue weighted by Crippen LogP contribution is 2.37. The number of benzene rings is 6. The van der Waals surface area contributed by atoms with E-state index in [-0.39, 0.29) is 56.3 Å². The number of ether oxygens (including phenoxy) is 1. The lowest BCUT2D eigenvalue weighted by molar-refractivity contribution is -0.384. The van der Waals surface area contributed by atoms with Crippen molar-refractivity contribution in [2.24, 2.45) is 5.92 Å². The van der Waals surface area contributed by atoms with Crippen LogP contribution in [0.25, 0.3) is 0 Å². The second-order valence-corrected chi connectivity index (χ2v) is 17.9. The number of nitrogens with zero attached hydrogens (tertiary/aromatic N) is 2. The maximum atomic E-state index is 14.7. The van der Waals surface area contributed by atoms with Crippen LogP contribution in [-0.4, -0.2) is 59.3 Å². The molecular weight excluding hydrogens is 897 g/mol. The molecule has 0 spiro atoms. The van der Waals surface area contributed by atoms with Gasteiger partial charge in [-0.15, -0.1) is 0 Å². The standard InChI is InChI=1S/C57H58N6O8/c1-40(2)36-49(60-56(68)71-39-42-20-10-4-11-21-42)55(67)59-50(37-41-18-8-3-9-19-41)54(66)58-47(29-33-53(65)62-35-34-43-38-48(63(69)70)30-31-51(43)62)28-32-52(64)61-57(44-22-12-5-13-23-44,45-24-14-6-15-25-45)46-26-16-7-17-27-46/h3-27,29-31,33,38,40,47,49-50H,28,32,34-37,39H2,1-2H3,(H,58,66)(H,59,67)(H,60,68)(H,61,64)/b33-29+/t47-,49-,50-/m0/s1.